The van der Waals surface area contributed by atoms with Crippen molar-refractivity contribution >= 4 is 6.09 Å². The van der Waals surface area contributed by atoms with E-state index in [0.29, 0.717) is 13.1 Å². The van der Waals surface area contributed by atoms with Gasteiger partial charge in [0.2, 0.25) is 0 Å². The number of benzene rings is 2. The van der Waals surface area contributed by atoms with E-state index in [1.165, 1.54) is 0 Å². The Balaban J connectivity index is 1.82. The Kier molecular flexibility index (Phi) is 5.60. The summed E-state index contributed by atoms with van der Waals surface area (Å²) in [6.07, 6.45) is -0.755. The molecule has 0 aliphatic carbocycles. The van der Waals surface area contributed by atoms with Gasteiger partial charge in [0.15, 0.2) is 0 Å². The molecule has 0 radical (unpaired) electrons. The molecular weight excluding hydrogens is 268 g/mol. The first-order valence-electron chi connectivity index (χ1n) is 6.69. The van der Waals surface area contributed by atoms with Gasteiger partial charge in [0.1, 0.15) is 18.1 Å². The minimum absolute atomic E-state index is 0.259. The van der Waals surface area contributed by atoms with Gasteiger partial charge in [0.25, 0.3) is 0 Å². The highest BCUT2D eigenvalue weighted by Crippen LogP contribution is 2.21. The molecular formula is C16H18N2O3. The van der Waals surface area contributed by atoms with Crippen molar-refractivity contribution < 1.29 is 14.3 Å². The second-order valence-corrected chi connectivity index (χ2v) is 4.41. The van der Waals surface area contributed by atoms with Gasteiger partial charge < -0.3 is 20.5 Å². The van der Waals surface area contributed by atoms with Gasteiger partial charge in [0, 0.05) is 13.1 Å². The van der Waals surface area contributed by atoms with E-state index in [1.807, 2.05) is 54.6 Å². The van der Waals surface area contributed by atoms with Crippen LogP contribution in [0.25, 0.3) is 0 Å². The van der Waals surface area contributed by atoms with E-state index < -0.39 is 6.09 Å². The SMILES string of the molecule is NC(=O)OCCNCc1cccc(Oc2ccccc2)c1. The van der Waals surface area contributed by atoms with Gasteiger partial charge in [-0.05, 0) is 29.8 Å². The Hall–Kier alpha value is -2.53. The first kappa shape index (κ1) is 14.9. The highest BCUT2D eigenvalue weighted by molar-refractivity contribution is 5.64. The molecule has 3 N–H and O–H groups in total. The summed E-state index contributed by atoms with van der Waals surface area (Å²) in [5, 5.41) is 3.16. The van der Waals surface area contributed by atoms with E-state index in [0.717, 1.165) is 17.1 Å². The lowest BCUT2D eigenvalue weighted by molar-refractivity contribution is 0.157. The predicted molar refractivity (Wildman–Crippen MR) is 80.2 cm³/mol. The van der Waals surface area contributed by atoms with Crippen molar-refractivity contribution in [2.24, 2.45) is 5.73 Å². The molecule has 2 aromatic carbocycles. The van der Waals surface area contributed by atoms with E-state index >= 15 is 0 Å². The molecule has 0 bridgehead atoms. The molecule has 0 spiro atoms. The van der Waals surface area contributed by atoms with Gasteiger partial charge >= 0.3 is 6.09 Å². The number of carbonyl (C=O) groups excluding carboxylic acids is 1. The number of primary amides is 1. The van der Waals surface area contributed by atoms with Gasteiger partial charge in [-0.15, -0.1) is 0 Å². The summed E-state index contributed by atoms with van der Waals surface area (Å²) in [6, 6.07) is 17.4. The maximum absolute atomic E-state index is 10.4. The summed E-state index contributed by atoms with van der Waals surface area (Å²) in [6.45, 7) is 1.47. The fraction of sp³-hybridized carbons (Fsp3) is 0.188. The molecule has 0 unspecified atom stereocenters. The Morgan fingerprint density at radius 3 is 2.57 bits per heavy atom. The molecule has 0 saturated heterocycles. The minimum atomic E-state index is -0.755. The first-order valence-corrected chi connectivity index (χ1v) is 6.69. The third-order valence-electron chi connectivity index (χ3n) is 2.73. The first-order chi connectivity index (χ1) is 10.2. The molecule has 110 valence electrons. The molecule has 0 aromatic heterocycles. The summed E-state index contributed by atoms with van der Waals surface area (Å²) in [4.78, 5) is 10.4. The van der Waals surface area contributed by atoms with Crippen molar-refractivity contribution in [3.05, 3.63) is 60.2 Å². The molecule has 0 aliphatic heterocycles. The van der Waals surface area contributed by atoms with Crippen LogP contribution in [0.5, 0.6) is 11.5 Å². The van der Waals surface area contributed by atoms with Crippen LogP contribution < -0.4 is 15.8 Å². The molecule has 2 rings (SSSR count). The van der Waals surface area contributed by atoms with Crippen molar-refractivity contribution in [1.82, 2.24) is 5.32 Å². The predicted octanol–water partition coefficient (Wildman–Crippen LogP) is 2.66. The van der Waals surface area contributed by atoms with Gasteiger partial charge in [-0.25, -0.2) is 4.79 Å². The maximum Gasteiger partial charge on any atom is 0.404 e. The average molecular weight is 286 g/mol. The standard InChI is InChI=1S/C16H18N2O3/c17-16(19)20-10-9-18-12-13-5-4-8-15(11-13)21-14-6-2-1-3-7-14/h1-8,11,18H,9-10,12H2,(H2,17,19). The zero-order valence-electron chi connectivity index (χ0n) is 11.6. The molecule has 0 heterocycles. The summed E-state index contributed by atoms with van der Waals surface area (Å²) in [5.74, 6) is 1.59. The van der Waals surface area contributed by atoms with Crippen molar-refractivity contribution in [1.29, 1.82) is 0 Å². The zero-order valence-corrected chi connectivity index (χ0v) is 11.6. The van der Waals surface area contributed by atoms with Crippen LogP contribution in [0, 0.1) is 0 Å². The summed E-state index contributed by atoms with van der Waals surface area (Å²) < 4.78 is 10.4. The summed E-state index contributed by atoms with van der Waals surface area (Å²) in [7, 11) is 0. The van der Waals surface area contributed by atoms with Crippen LogP contribution in [0.15, 0.2) is 54.6 Å². The Bertz CT molecular complexity index is 573. The Labute approximate surface area is 123 Å². The number of hydrogen-bond donors (Lipinski definition) is 2. The number of nitrogens with one attached hydrogen (secondary N) is 1. The fourth-order valence-corrected chi connectivity index (χ4v) is 1.80. The number of para-hydroxylation sites is 1. The number of hydrogen-bond acceptors (Lipinski definition) is 4. The van der Waals surface area contributed by atoms with Crippen LogP contribution in [0.2, 0.25) is 0 Å². The summed E-state index contributed by atoms with van der Waals surface area (Å²) in [5.41, 5.74) is 5.96. The number of amides is 1. The molecule has 5 nitrogen and oxygen atoms in total. The quantitative estimate of drug-likeness (QED) is 0.767. The van der Waals surface area contributed by atoms with Crippen LogP contribution in [-0.2, 0) is 11.3 Å². The summed E-state index contributed by atoms with van der Waals surface area (Å²) >= 11 is 0. The number of nitrogens with two attached hydrogens (primary N) is 1. The second-order valence-electron chi connectivity index (χ2n) is 4.41. The van der Waals surface area contributed by atoms with Crippen LogP contribution in [-0.4, -0.2) is 19.2 Å². The smallest absolute Gasteiger partial charge is 0.404 e. The topological polar surface area (TPSA) is 73.6 Å². The maximum atomic E-state index is 10.4. The highest BCUT2D eigenvalue weighted by Gasteiger charge is 1.99. The molecule has 1 amide bonds. The molecule has 0 aliphatic rings. The van der Waals surface area contributed by atoms with Gasteiger partial charge in [-0.3, -0.25) is 0 Å². The molecule has 0 saturated carbocycles. The molecule has 2 aromatic rings. The molecule has 0 fully saturated rings. The lowest BCUT2D eigenvalue weighted by atomic mass is 10.2. The van der Waals surface area contributed by atoms with E-state index in [9.17, 15) is 4.79 Å². The van der Waals surface area contributed by atoms with Crippen LogP contribution in [0.3, 0.4) is 0 Å². The molecule has 0 atom stereocenters. The highest BCUT2D eigenvalue weighted by atomic mass is 16.5. The Morgan fingerprint density at radius 1 is 1.05 bits per heavy atom. The zero-order chi connectivity index (χ0) is 14.9. The van der Waals surface area contributed by atoms with Crippen molar-refractivity contribution in [2.45, 2.75) is 6.54 Å². The number of rotatable bonds is 7. The normalized spacial score (nSPS) is 10.1. The molecule has 5 heteroatoms. The monoisotopic (exact) mass is 286 g/mol. The lowest BCUT2D eigenvalue weighted by Crippen LogP contribution is -2.23. The van der Waals surface area contributed by atoms with E-state index in [4.69, 9.17) is 10.5 Å². The fourth-order valence-electron chi connectivity index (χ4n) is 1.80. The minimum Gasteiger partial charge on any atom is -0.457 e. The van der Waals surface area contributed by atoms with Gasteiger partial charge in [-0.1, -0.05) is 30.3 Å². The third kappa shape index (κ3) is 5.54. The van der Waals surface area contributed by atoms with Gasteiger partial charge in [-0.2, -0.15) is 0 Å². The second kappa shape index (κ2) is 7.91. The lowest BCUT2D eigenvalue weighted by Gasteiger charge is -2.08. The van der Waals surface area contributed by atoms with Crippen molar-refractivity contribution in [2.75, 3.05) is 13.2 Å². The van der Waals surface area contributed by atoms with Crippen LogP contribution in [0.1, 0.15) is 5.56 Å². The van der Waals surface area contributed by atoms with Crippen molar-refractivity contribution in [3.8, 4) is 11.5 Å². The van der Waals surface area contributed by atoms with E-state index in [2.05, 4.69) is 10.1 Å². The molecule has 21 heavy (non-hydrogen) atoms. The van der Waals surface area contributed by atoms with Crippen LogP contribution in [0.4, 0.5) is 4.79 Å². The van der Waals surface area contributed by atoms with Crippen molar-refractivity contribution in [3.63, 3.8) is 0 Å². The van der Waals surface area contributed by atoms with Gasteiger partial charge in [0.05, 0.1) is 0 Å². The van der Waals surface area contributed by atoms with E-state index in [1.54, 1.807) is 0 Å². The number of carbonyl (C=O) groups is 1. The number of ether oxygens (including phenoxy) is 2. The van der Waals surface area contributed by atoms with E-state index in [-0.39, 0.29) is 6.61 Å². The average Bonchev–Trinajstić information content (AvgIpc) is 2.48. The Morgan fingerprint density at radius 2 is 1.81 bits per heavy atom. The third-order valence-corrected chi connectivity index (χ3v) is 2.73. The van der Waals surface area contributed by atoms with Crippen LogP contribution >= 0.6 is 0 Å². The largest absolute Gasteiger partial charge is 0.457 e.